The summed E-state index contributed by atoms with van der Waals surface area (Å²) in [6, 6.07) is 10.8. The van der Waals surface area contributed by atoms with Gasteiger partial charge in [-0.05, 0) is 44.6 Å². The maximum Gasteiger partial charge on any atom is 0.230 e. The second kappa shape index (κ2) is 7.60. The van der Waals surface area contributed by atoms with Gasteiger partial charge in [-0.1, -0.05) is 37.3 Å². The van der Waals surface area contributed by atoms with Crippen molar-refractivity contribution in [3.8, 4) is 0 Å². The van der Waals surface area contributed by atoms with Crippen LogP contribution in [0.25, 0.3) is 0 Å². The van der Waals surface area contributed by atoms with Crippen molar-refractivity contribution in [3.05, 3.63) is 35.9 Å². The number of benzene rings is 1. The minimum atomic E-state index is -0.0617. The van der Waals surface area contributed by atoms with E-state index >= 15 is 0 Å². The van der Waals surface area contributed by atoms with Crippen molar-refractivity contribution in [1.82, 2.24) is 4.90 Å². The van der Waals surface area contributed by atoms with Crippen molar-refractivity contribution in [2.45, 2.75) is 64.0 Å². The van der Waals surface area contributed by atoms with E-state index in [1.165, 1.54) is 0 Å². The number of carbonyl (C=O) groups excluding carboxylic acids is 1. The lowest BCUT2D eigenvalue weighted by Gasteiger charge is -2.37. The van der Waals surface area contributed by atoms with Gasteiger partial charge < -0.3 is 10.6 Å². The van der Waals surface area contributed by atoms with Gasteiger partial charge in [-0.2, -0.15) is 0 Å². The van der Waals surface area contributed by atoms with Crippen molar-refractivity contribution in [2.75, 3.05) is 6.54 Å². The summed E-state index contributed by atoms with van der Waals surface area (Å²) in [5, 5.41) is 0. The zero-order valence-electron chi connectivity index (χ0n) is 13.3. The molecule has 0 aliphatic heterocycles. The minimum absolute atomic E-state index is 0.0617. The molecule has 2 rings (SSSR count). The van der Waals surface area contributed by atoms with E-state index in [0.717, 1.165) is 44.2 Å². The predicted molar refractivity (Wildman–Crippen MR) is 87.1 cm³/mol. The standard InChI is InChI=1S/C18H28N2O/c1-3-13-20(17-11-9-16(19)10-12-17)18(21)14(2)15-7-5-4-6-8-15/h4-8,14,16-17H,3,9-13,19H2,1-2H3. The lowest BCUT2D eigenvalue weighted by molar-refractivity contribution is -0.135. The topological polar surface area (TPSA) is 46.3 Å². The predicted octanol–water partition coefficient (Wildman–Crippen LogP) is 3.30. The first-order valence-electron chi connectivity index (χ1n) is 8.24. The normalized spacial score (nSPS) is 23.6. The van der Waals surface area contributed by atoms with E-state index in [-0.39, 0.29) is 11.8 Å². The molecule has 3 heteroatoms. The average Bonchev–Trinajstić information content (AvgIpc) is 2.53. The molecular weight excluding hydrogens is 260 g/mol. The van der Waals surface area contributed by atoms with Crippen LogP contribution in [-0.4, -0.2) is 29.4 Å². The highest BCUT2D eigenvalue weighted by Crippen LogP contribution is 2.26. The molecular formula is C18H28N2O. The van der Waals surface area contributed by atoms with Crippen LogP contribution in [0.15, 0.2) is 30.3 Å². The van der Waals surface area contributed by atoms with Gasteiger partial charge in [0.25, 0.3) is 0 Å². The highest BCUT2D eigenvalue weighted by atomic mass is 16.2. The molecule has 1 amide bonds. The van der Waals surface area contributed by atoms with Crippen LogP contribution in [0.3, 0.4) is 0 Å². The Kier molecular flexibility index (Phi) is 5.80. The summed E-state index contributed by atoms with van der Waals surface area (Å²) in [5.41, 5.74) is 7.10. The first-order valence-corrected chi connectivity index (χ1v) is 8.24. The molecule has 0 heterocycles. The van der Waals surface area contributed by atoms with E-state index in [9.17, 15) is 4.79 Å². The highest BCUT2D eigenvalue weighted by molar-refractivity contribution is 5.83. The van der Waals surface area contributed by atoms with Gasteiger partial charge in [0.05, 0.1) is 5.92 Å². The third-order valence-electron chi connectivity index (χ3n) is 4.60. The van der Waals surface area contributed by atoms with E-state index in [1.54, 1.807) is 0 Å². The molecule has 0 bridgehead atoms. The molecule has 2 N–H and O–H groups in total. The Hall–Kier alpha value is -1.35. The number of nitrogens with two attached hydrogens (primary N) is 1. The molecule has 116 valence electrons. The number of nitrogens with zero attached hydrogens (tertiary/aromatic N) is 1. The number of rotatable bonds is 5. The smallest absolute Gasteiger partial charge is 0.230 e. The third-order valence-corrected chi connectivity index (χ3v) is 4.60. The summed E-state index contributed by atoms with van der Waals surface area (Å²) in [4.78, 5) is 15.0. The lowest BCUT2D eigenvalue weighted by atomic mass is 9.89. The van der Waals surface area contributed by atoms with Crippen LogP contribution in [0.2, 0.25) is 0 Å². The van der Waals surface area contributed by atoms with E-state index in [0.29, 0.717) is 12.1 Å². The zero-order chi connectivity index (χ0) is 15.2. The summed E-state index contributed by atoms with van der Waals surface area (Å²) in [6.07, 6.45) is 5.19. The van der Waals surface area contributed by atoms with Crippen LogP contribution in [0, 0.1) is 0 Å². The molecule has 1 saturated carbocycles. The molecule has 1 aliphatic carbocycles. The molecule has 0 spiro atoms. The van der Waals surface area contributed by atoms with Crippen LogP contribution in [0.1, 0.15) is 57.4 Å². The zero-order valence-corrected chi connectivity index (χ0v) is 13.3. The summed E-state index contributed by atoms with van der Waals surface area (Å²) < 4.78 is 0. The first-order chi connectivity index (χ1) is 10.1. The van der Waals surface area contributed by atoms with Crippen molar-refractivity contribution in [1.29, 1.82) is 0 Å². The van der Waals surface area contributed by atoms with Gasteiger partial charge in [0.15, 0.2) is 0 Å². The Labute approximate surface area is 128 Å². The van der Waals surface area contributed by atoms with E-state index < -0.39 is 0 Å². The van der Waals surface area contributed by atoms with Crippen molar-refractivity contribution in [3.63, 3.8) is 0 Å². The number of amides is 1. The minimum Gasteiger partial charge on any atom is -0.339 e. The van der Waals surface area contributed by atoms with Gasteiger partial charge in [-0.25, -0.2) is 0 Å². The highest BCUT2D eigenvalue weighted by Gasteiger charge is 2.30. The molecule has 0 aromatic heterocycles. The van der Waals surface area contributed by atoms with Crippen LogP contribution < -0.4 is 5.73 Å². The van der Waals surface area contributed by atoms with Crippen molar-refractivity contribution < 1.29 is 4.79 Å². The monoisotopic (exact) mass is 288 g/mol. The Morgan fingerprint density at radius 1 is 1.24 bits per heavy atom. The number of hydrogen-bond donors (Lipinski definition) is 1. The molecule has 1 aromatic rings. The summed E-state index contributed by atoms with van der Waals surface area (Å²) in [7, 11) is 0. The van der Waals surface area contributed by atoms with E-state index in [4.69, 9.17) is 5.73 Å². The molecule has 1 unspecified atom stereocenters. The molecule has 1 fully saturated rings. The second-order valence-corrected chi connectivity index (χ2v) is 6.23. The maximum absolute atomic E-state index is 12.9. The van der Waals surface area contributed by atoms with Gasteiger partial charge in [0.1, 0.15) is 0 Å². The Balaban J connectivity index is 2.08. The summed E-state index contributed by atoms with van der Waals surface area (Å²) in [6.45, 7) is 5.02. The lowest BCUT2D eigenvalue weighted by Crippen LogP contribution is -2.46. The fourth-order valence-electron chi connectivity index (χ4n) is 3.26. The van der Waals surface area contributed by atoms with Gasteiger partial charge in [0, 0.05) is 18.6 Å². The largest absolute Gasteiger partial charge is 0.339 e. The Morgan fingerprint density at radius 3 is 2.43 bits per heavy atom. The van der Waals surface area contributed by atoms with Gasteiger partial charge in [0.2, 0.25) is 5.91 Å². The molecule has 0 radical (unpaired) electrons. The molecule has 1 aromatic carbocycles. The van der Waals surface area contributed by atoms with Gasteiger partial charge >= 0.3 is 0 Å². The van der Waals surface area contributed by atoms with Crippen LogP contribution in [-0.2, 0) is 4.79 Å². The van der Waals surface area contributed by atoms with Gasteiger partial charge in [-0.15, -0.1) is 0 Å². The second-order valence-electron chi connectivity index (χ2n) is 6.23. The van der Waals surface area contributed by atoms with Crippen molar-refractivity contribution >= 4 is 5.91 Å². The first kappa shape index (κ1) is 16.0. The molecule has 1 atom stereocenters. The van der Waals surface area contributed by atoms with E-state index in [1.807, 2.05) is 37.3 Å². The number of carbonyl (C=O) groups is 1. The molecule has 21 heavy (non-hydrogen) atoms. The summed E-state index contributed by atoms with van der Waals surface area (Å²) in [5.74, 6) is 0.205. The average molecular weight is 288 g/mol. The van der Waals surface area contributed by atoms with E-state index in [2.05, 4.69) is 11.8 Å². The van der Waals surface area contributed by atoms with Gasteiger partial charge in [-0.3, -0.25) is 4.79 Å². The Bertz CT molecular complexity index is 438. The number of hydrogen-bond acceptors (Lipinski definition) is 2. The maximum atomic E-state index is 12.9. The van der Waals surface area contributed by atoms with Crippen LogP contribution >= 0.6 is 0 Å². The SMILES string of the molecule is CCCN(C(=O)C(C)c1ccccc1)C1CCC(N)CC1. The fraction of sp³-hybridized carbons (Fsp3) is 0.611. The van der Waals surface area contributed by atoms with Crippen molar-refractivity contribution in [2.24, 2.45) is 5.73 Å². The fourth-order valence-corrected chi connectivity index (χ4v) is 3.26. The molecule has 1 aliphatic rings. The third kappa shape index (κ3) is 4.07. The van der Waals surface area contributed by atoms with Crippen LogP contribution in [0.4, 0.5) is 0 Å². The molecule has 0 saturated heterocycles. The quantitative estimate of drug-likeness (QED) is 0.903. The summed E-state index contributed by atoms with van der Waals surface area (Å²) >= 11 is 0. The Morgan fingerprint density at radius 2 is 1.86 bits per heavy atom. The van der Waals surface area contributed by atoms with Crippen LogP contribution in [0.5, 0.6) is 0 Å². The molecule has 3 nitrogen and oxygen atoms in total.